The molecule has 0 aliphatic heterocycles. The number of hydrogen-bond acceptors (Lipinski definition) is 2. The van der Waals surface area contributed by atoms with E-state index in [1.54, 1.807) is 6.08 Å². The molecule has 0 aromatic rings. The number of carboxylic acid groups (broad SMARTS) is 1. The standard InChI is InChI=1S/C7H12O3/c1-3-4-6(10-2)5-7(8)9/h3,6H,1,4-5H2,2H3,(H,8,9)/t6-/m0/s1. The Bertz CT molecular complexity index is 120. The van der Waals surface area contributed by atoms with E-state index in [-0.39, 0.29) is 12.5 Å². The zero-order chi connectivity index (χ0) is 7.98. The fourth-order valence-electron chi connectivity index (χ4n) is 0.644. The number of methoxy groups -OCH3 is 1. The van der Waals surface area contributed by atoms with Crippen LogP contribution in [0.3, 0.4) is 0 Å². The number of rotatable bonds is 5. The van der Waals surface area contributed by atoms with Gasteiger partial charge in [-0.05, 0) is 6.42 Å². The van der Waals surface area contributed by atoms with E-state index in [9.17, 15) is 4.79 Å². The van der Waals surface area contributed by atoms with Gasteiger partial charge in [-0.15, -0.1) is 6.58 Å². The lowest BCUT2D eigenvalue weighted by atomic mass is 10.2. The Kier molecular flexibility index (Phi) is 4.58. The van der Waals surface area contributed by atoms with Crippen molar-refractivity contribution in [3.05, 3.63) is 12.7 Å². The molecule has 3 heteroatoms. The first-order valence-electron chi connectivity index (χ1n) is 3.06. The minimum Gasteiger partial charge on any atom is -0.481 e. The number of carboxylic acids is 1. The van der Waals surface area contributed by atoms with E-state index in [1.165, 1.54) is 7.11 Å². The van der Waals surface area contributed by atoms with Gasteiger partial charge in [0.1, 0.15) is 0 Å². The van der Waals surface area contributed by atoms with E-state index in [0.29, 0.717) is 6.42 Å². The average Bonchev–Trinajstić information content (AvgIpc) is 1.86. The highest BCUT2D eigenvalue weighted by Crippen LogP contribution is 2.02. The summed E-state index contributed by atoms with van der Waals surface area (Å²) in [6.45, 7) is 3.48. The van der Waals surface area contributed by atoms with Crippen LogP contribution in [0.5, 0.6) is 0 Å². The molecule has 10 heavy (non-hydrogen) atoms. The van der Waals surface area contributed by atoms with Crippen LogP contribution in [0.1, 0.15) is 12.8 Å². The molecule has 58 valence electrons. The Hall–Kier alpha value is -0.830. The smallest absolute Gasteiger partial charge is 0.305 e. The van der Waals surface area contributed by atoms with Crippen LogP contribution in [0.25, 0.3) is 0 Å². The molecule has 0 rings (SSSR count). The second-order valence-electron chi connectivity index (χ2n) is 1.98. The van der Waals surface area contributed by atoms with Gasteiger partial charge in [0.2, 0.25) is 0 Å². The number of hydrogen-bond donors (Lipinski definition) is 1. The predicted octanol–water partition coefficient (Wildman–Crippen LogP) is 1.05. The summed E-state index contributed by atoms with van der Waals surface area (Å²) in [5.41, 5.74) is 0. The summed E-state index contributed by atoms with van der Waals surface area (Å²) < 4.78 is 4.85. The summed E-state index contributed by atoms with van der Waals surface area (Å²) in [6.07, 6.45) is 2.05. The fourth-order valence-corrected chi connectivity index (χ4v) is 0.644. The summed E-state index contributed by atoms with van der Waals surface area (Å²) in [6, 6.07) is 0. The van der Waals surface area contributed by atoms with E-state index in [0.717, 1.165) is 0 Å². The fraction of sp³-hybridized carbons (Fsp3) is 0.571. The zero-order valence-electron chi connectivity index (χ0n) is 6.04. The largest absolute Gasteiger partial charge is 0.481 e. The highest BCUT2D eigenvalue weighted by molar-refractivity contribution is 5.67. The van der Waals surface area contributed by atoms with Crippen molar-refractivity contribution in [1.29, 1.82) is 0 Å². The first kappa shape index (κ1) is 9.17. The van der Waals surface area contributed by atoms with Crippen molar-refractivity contribution in [3.63, 3.8) is 0 Å². The molecule has 0 saturated carbocycles. The van der Waals surface area contributed by atoms with Crippen molar-refractivity contribution in [2.75, 3.05) is 7.11 Å². The van der Waals surface area contributed by atoms with Crippen LogP contribution in [0.2, 0.25) is 0 Å². The van der Waals surface area contributed by atoms with Crippen LogP contribution < -0.4 is 0 Å². The molecule has 3 nitrogen and oxygen atoms in total. The van der Waals surface area contributed by atoms with Crippen molar-refractivity contribution in [3.8, 4) is 0 Å². The van der Waals surface area contributed by atoms with E-state index < -0.39 is 5.97 Å². The molecule has 0 aromatic heterocycles. The lowest BCUT2D eigenvalue weighted by Crippen LogP contribution is -2.14. The van der Waals surface area contributed by atoms with Crippen molar-refractivity contribution in [2.24, 2.45) is 0 Å². The molecule has 0 aliphatic carbocycles. The third-order valence-electron chi connectivity index (χ3n) is 1.17. The van der Waals surface area contributed by atoms with Crippen LogP contribution in [0.4, 0.5) is 0 Å². The summed E-state index contributed by atoms with van der Waals surface area (Å²) in [5.74, 6) is -0.839. The maximum atomic E-state index is 10.1. The Morgan fingerprint density at radius 3 is 2.80 bits per heavy atom. The second kappa shape index (κ2) is 4.99. The predicted molar refractivity (Wildman–Crippen MR) is 37.9 cm³/mol. The second-order valence-corrected chi connectivity index (χ2v) is 1.98. The first-order valence-corrected chi connectivity index (χ1v) is 3.06. The minimum absolute atomic E-state index is 0.0442. The maximum Gasteiger partial charge on any atom is 0.305 e. The molecule has 0 amide bonds. The monoisotopic (exact) mass is 144 g/mol. The van der Waals surface area contributed by atoms with Gasteiger partial charge in [0.05, 0.1) is 12.5 Å². The van der Waals surface area contributed by atoms with Gasteiger partial charge in [0.15, 0.2) is 0 Å². The lowest BCUT2D eigenvalue weighted by molar-refractivity contribution is -0.139. The lowest BCUT2D eigenvalue weighted by Gasteiger charge is -2.08. The van der Waals surface area contributed by atoms with Gasteiger partial charge >= 0.3 is 5.97 Å². The molecular formula is C7H12O3. The van der Waals surface area contributed by atoms with Crippen molar-refractivity contribution >= 4 is 5.97 Å². The van der Waals surface area contributed by atoms with Gasteiger partial charge in [0.25, 0.3) is 0 Å². The molecule has 0 radical (unpaired) electrons. The summed E-state index contributed by atoms with van der Waals surface area (Å²) in [4.78, 5) is 10.1. The van der Waals surface area contributed by atoms with Gasteiger partial charge < -0.3 is 9.84 Å². The topological polar surface area (TPSA) is 46.5 Å². The molecule has 0 bridgehead atoms. The summed E-state index contributed by atoms with van der Waals surface area (Å²) >= 11 is 0. The normalized spacial score (nSPS) is 12.5. The molecule has 1 atom stereocenters. The van der Waals surface area contributed by atoms with Gasteiger partial charge in [0, 0.05) is 7.11 Å². The van der Waals surface area contributed by atoms with E-state index in [1.807, 2.05) is 0 Å². The molecule has 0 fully saturated rings. The minimum atomic E-state index is -0.839. The van der Waals surface area contributed by atoms with E-state index in [4.69, 9.17) is 9.84 Å². The number of carbonyl (C=O) groups is 1. The van der Waals surface area contributed by atoms with Crippen molar-refractivity contribution in [2.45, 2.75) is 18.9 Å². The summed E-state index contributed by atoms with van der Waals surface area (Å²) in [5, 5.41) is 8.33. The number of aliphatic carboxylic acids is 1. The van der Waals surface area contributed by atoms with Gasteiger partial charge in [-0.2, -0.15) is 0 Å². The third kappa shape index (κ3) is 4.09. The molecule has 0 spiro atoms. The molecule has 0 aromatic carbocycles. The molecule has 0 unspecified atom stereocenters. The van der Waals surface area contributed by atoms with E-state index >= 15 is 0 Å². The van der Waals surface area contributed by atoms with Crippen molar-refractivity contribution in [1.82, 2.24) is 0 Å². The Morgan fingerprint density at radius 1 is 1.90 bits per heavy atom. The molecule has 0 aliphatic rings. The quantitative estimate of drug-likeness (QED) is 0.587. The van der Waals surface area contributed by atoms with E-state index in [2.05, 4.69) is 6.58 Å². The number of ether oxygens (including phenoxy) is 1. The van der Waals surface area contributed by atoms with Crippen LogP contribution in [0.15, 0.2) is 12.7 Å². The highest BCUT2D eigenvalue weighted by atomic mass is 16.5. The van der Waals surface area contributed by atoms with Crippen LogP contribution in [-0.2, 0) is 9.53 Å². The highest BCUT2D eigenvalue weighted by Gasteiger charge is 2.08. The Balaban J connectivity index is 3.59. The SMILES string of the molecule is C=CC[C@@H](CC(=O)O)OC. The molecule has 0 heterocycles. The van der Waals surface area contributed by atoms with Gasteiger partial charge in [-0.25, -0.2) is 0 Å². The van der Waals surface area contributed by atoms with Crippen LogP contribution in [-0.4, -0.2) is 24.3 Å². The molecule has 0 saturated heterocycles. The summed E-state index contributed by atoms with van der Waals surface area (Å²) in [7, 11) is 1.50. The van der Waals surface area contributed by atoms with Gasteiger partial charge in [-0.3, -0.25) is 4.79 Å². The Labute approximate surface area is 60.3 Å². The Morgan fingerprint density at radius 2 is 2.50 bits per heavy atom. The van der Waals surface area contributed by atoms with Crippen LogP contribution >= 0.6 is 0 Å². The average molecular weight is 144 g/mol. The van der Waals surface area contributed by atoms with Gasteiger partial charge in [-0.1, -0.05) is 6.08 Å². The molecule has 1 N–H and O–H groups in total. The third-order valence-corrected chi connectivity index (χ3v) is 1.17. The maximum absolute atomic E-state index is 10.1. The van der Waals surface area contributed by atoms with Crippen molar-refractivity contribution < 1.29 is 14.6 Å². The zero-order valence-corrected chi connectivity index (χ0v) is 6.04. The first-order chi connectivity index (χ1) is 4.70. The molecular weight excluding hydrogens is 132 g/mol. The van der Waals surface area contributed by atoms with Crippen LogP contribution in [0, 0.1) is 0 Å².